The summed E-state index contributed by atoms with van der Waals surface area (Å²) in [5.41, 5.74) is 5.05. The summed E-state index contributed by atoms with van der Waals surface area (Å²) < 4.78 is 19.0. The van der Waals surface area contributed by atoms with Gasteiger partial charge in [-0.15, -0.1) is 10.2 Å². The van der Waals surface area contributed by atoms with Crippen molar-refractivity contribution in [2.75, 3.05) is 5.75 Å². The molecule has 1 aromatic heterocycles. The van der Waals surface area contributed by atoms with Crippen LogP contribution in [-0.2, 0) is 27.4 Å². The van der Waals surface area contributed by atoms with E-state index in [9.17, 15) is 19.5 Å². The third-order valence-electron chi connectivity index (χ3n) is 8.46. The fraction of sp³-hybridized carbons (Fsp3) is 0.216. The van der Waals surface area contributed by atoms with Gasteiger partial charge in [0, 0.05) is 29.3 Å². The summed E-state index contributed by atoms with van der Waals surface area (Å²) in [5.74, 6) is -1.36. The Balaban J connectivity index is 1.11. The minimum absolute atomic E-state index is 0.0457. The Kier molecular flexibility index (Phi) is 9.65. The SMILES string of the molecule is Cc1nnc(SC[C@H]2OC(c3ccc(CNC(=O)c4ccc5c(c4)C(=O)OC5=O)cc3)O[C@@H](c3ccc(CO)cc3)[C@@H]2c2ccccc2)s1. The zero-order valence-electron chi connectivity index (χ0n) is 26.3. The summed E-state index contributed by atoms with van der Waals surface area (Å²) in [4.78, 5) is 36.5. The van der Waals surface area contributed by atoms with Crippen LogP contribution in [0.4, 0.5) is 0 Å². The standard InChI is InChI=1S/C37H31N3O7S2/c1-21-39-40-37(49-21)48-20-30-31(24-5-3-2-4-6-24)32(25-11-9-23(19-41)10-12-25)46-36(45-30)26-13-7-22(8-14-26)18-38-33(42)27-15-16-28-29(17-27)35(44)47-34(28)43/h2-17,30-32,36,41H,18-20H2,1H3,(H,38,42)/t30-,31-,32+,36?/m1/s1. The average Bonchev–Trinajstić information content (AvgIpc) is 3.69. The molecule has 49 heavy (non-hydrogen) atoms. The van der Waals surface area contributed by atoms with Crippen LogP contribution in [0.25, 0.3) is 0 Å². The number of hydrogen-bond acceptors (Lipinski definition) is 11. The number of thioether (sulfide) groups is 1. The number of aliphatic hydroxyl groups excluding tert-OH is 1. The molecule has 1 unspecified atom stereocenters. The van der Waals surface area contributed by atoms with E-state index in [2.05, 4.69) is 32.4 Å². The molecule has 7 rings (SSSR count). The molecule has 2 aliphatic rings. The molecular formula is C37H31N3O7S2. The Labute approximate surface area is 290 Å². The first-order valence-corrected chi connectivity index (χ1v) is 17.4. The van der Waals surface area contributed by atoms with Crippen LogP contribution in [0.5, 0.6) is 0 Å². The van der Waals surface area contributed by atoms with E-state index in [0.29, 0.717) is 5.75 Å². The number of hydrogen-bond donors (Lipinski definition) is 2. The normalized spacial score (nSPS) is 20.1. The minimum Gasteiger partial charge on any atom is -0.392 e. The van der Waals surface area contributed by atoms with Crippen LogP contribution in [-0.4, -0.2) is 45.0 Å². The van der Waals surface area contributed by atoms with Crippen LogP contribution in [0, 0.1) is 6.92 Å². The second-order valence-corrected chi connectivity index (χ2v) is 14.1. The van der Waals surface area contributed by atoms with Gasteiger partial charge in [0.05, 0.1) is 29.9 Å². The van der Waals surface area contributed by atoms with Crippen LogP contribution < -0.4 is 5.32 Å². The molecule has 0 aliphatic carbocycles. The minimum atomic E-state index is -0.756. The zero-order valence-corrected chi connectivity index (χ0v) is 27.9. The van der Waals surface area contributed by atoms with Gasteiger partial charge in [0.1, 0.15) is 5.01 Å². The van der Waals surface area contributed by atoms with Gasteiger partial charge < -0.3 is 24.6 Å². The van der Waals surface area contributed by atoms with Gasteiger partial charge in [-0.2, -0.15) is 0 Å². The second-order valence-electron chi connectivity index (χ2n) is 11.7. The molecule has 5 aromatic rings. The van der Waals surface area contributed by atoms with Crippen molar-refractivity contribution in [2.45, 2.75) is 48.8 Å². The smallest absolute Gasteiger partial charge is 0.346 e. The highest BCUT2D eigenvalue weighted by molar-refractivity contribution is 8.01. The van der Waals surface area contributed by atoms with E-state index < -0.39 is 18.2 Å². The van der Waals surface area contributed by atoms with E-state index in [1.165, 1.54) is 18.2 Å². The predicted molar refractivity (Wildman–Crippen MR) is 182 cm³/mol. The fourth-order valence-corrected chi connectivity index (χ4v) is 7.85. The zero-order chi connectivity index (χ0) is 33.9. The number of amides is 1. The first-order valence-electron chi connectivity index (χ1n) is 15.6. The lowest BCUT2D eigenvalue weighted by atomic mass is 9.84. The van der Waals surface area contributed by atoms with Crippen LogP contribution in [0.1, 0.15) is 82.2 Å². The molecule has 0 radical (unpaired) electrons. The van der Waals surface area contributed by atoms with Gasteiger partial charge in [0.2, 0.25) is 0 Å². The van der Waals surface area contributed by atoms with E-state index >= 15 is 0 Å². The average molecular weight is 694 g/mol. The molecule has 0 spiro atoms. The molecule has 1 amide bonds. The quantitative estimate of drug-likeness (QED) is 0.0973. The van der Waals surface area contributed by atoms with Crippen molar-refractivity contribution < 1.29 is 33.7 Å². The lowest BCUT2D eigenvalue weighted by Crippen LogP contribution is -2.38. The second kappa shape index (κ2) is 14.4. The van der Waals surface area contributed by atoms with E-state index in [1.54, 1.807) is 23.1 Å². The number of rotatable bonds is 10. The highest BCUT2D eigenvalue weighted by Crippen LogP contribution is 2.48. The number of ether oxygens (including phenoxy) is 3. The monoisotopic (exact) mass is 693 g/mol. The number of nitrogens with zero attached hydrogens (tertiary/aromatic N) is 2. The molecule has 4 atom stereocenters. The Morgan fingerprint density at radius 3 is 2.27 bits per heavy atom. The highest BCUT2D eigenvalue weighted by Gasteiger charge is 2.42. The maximum absolute atomic E-state index is 12.9. The summed E-state index contributed by atoms with van der Waals surface area (Å²) in [6.07, 6.45) is -1.28. The molecule has 2 aliphatic heterocycles. The molecule has 0 bridgehead atoms. The molecule has 2 N–H and O–H groups in total. The third-order valence-corrected chi connectivity index (χ3v) is 10.5. The van der Waals surface area contributed by atoms with Crippen LogP contribution in [0.3, 0.4) is 0 Å². The summed E-state index contributed by atoms with van der Waals surface area (Å²) in [6.45, 7) is 2.13. The van der Waals surface area contributed by atoms with Gasteiger partial charge in [-0.3, -0.25) is 4.79 Å². The number of cyclic esters (lactones) is 2. The van der Waals surface area contributed by atoms with Crippen LogP contribution in [0.2, 0.25) is 0 Å². The van der Waals surface area contributed by atoms with Crippen molar-refractivity contribution in [2.24, 2.45) is 0 Å². The Bertz CT molecular complexity index is 1980. The number of aliphatic hydroxyl groups is 1. The number of aryl methyl sites for hydroxylation is 1. The summed E-state index contributed by atoms with van der Waals surface area (Å²) in [5, 5.41) is 21.9. The van der Waals surface area contributed by atoms with Gasteiger partial charge in [-0.05, 0) is 47.4 Å². The van der Waals surface area contributed by atoms with E-state index in [-0.39, 0.29) is 53.9 Å². The number of esters is 2. The molecule has 1 fully saturated rings. The number of carbonyl (C=O) groups excluding carboxylic acids is 3. The Morgan fingerprint density at radius 1 is 0.837 bits per heavy atom. The number of fused-ring (bicyclic) bond motifs is 1. The first-order chi connectivity index (χ1) is 23.9. The van der Waals surface area contributed by atoms with Crippen molar-refractivity contribution in [3.05, 3.63) is 147 Å². The maximum atomic E-state index is 12.9. The van der Waals surface area contributed by atoms with E-state index in [0.717, 1.165) is 37.2 Å². The molecule has 10 nitrogen and oxygen atoms in total. The number of benzene rings is 4. The van der Waals surface area contributed by atoms with E-state index in [4.69, 9.17) is 9.47 Å². The Hall–Kier alpha value is -4.72. The third kappa shape index (κ3) is 7.19. The summed E-state index contributed by atoms with van der Waals surface area (Å²) in [6, 6.07) is 30.0. The molecule has 248 valence electrons. The lowest BCUT2D eigenvalue weighted by molar-refractivity contribution is -0.255. The molecule has 12 heteroatoms. The molecule has 0 saturated carbocycles. The summed E-state index contributed by atoms with van der Waals surface area (Å²) in [7, 11) is 0. The van der Waals surface area contributed by atoms with Gasteiger partial charge in [0.15, 0.2) is 10.6 Å². The van der Waals surface area contributed by atoms with Crippen molar-refractivity contribution in [1.82, 2.24) is 15.5 Å². The van der Waals surface area contributed by atoms with E-state index in [1.807, 2.05) is 73.7 Å². The predicted octanol–water partition coefficient (Wildman–Crippen LogP) is 6.31. The number of carbonyl (C=O) groups is 3. The van der Waals surface area contributed by atoms with Gasteiger partial charge in [-0.25, -0.2) is 9.59 Å². The van der Waals surface area contributed by atoms with Crippen molar-refractivity contribution in [3.63, 3.8) is 0 Å². The van der Waals surface area contributed by atoms with Gasteiger partial charge in [-0.1, -0.05) is 102 Å². The van der Waals surface area contributed by atoms with Gasteiger partial charge in [0.25, 0.3) is 5.91 Å². The maximum Gasteiger partial charge on any atom is 0.346 e. The number of nitrogens with one attached hydrogen (secondary N) is 1. The first kappa shape index (κ1) is 32.8. The van der Waals surface area contributed by atoms with Crippen molar-refractivity contribution in [1.29, 1.82) is 0 Å². The summed E-state index contributed by atoms with van der Waals surface area (Å²) >= 11 is 3.16. The van der Waals surface area contributed by atoms with Crippen molar-refractivity contribution >= 4 is 40.9 Å². The molecule has 1 saturated heterocycles. The van der Waals surface area contributed by atoms with Crippen LogP contribution >= 0.6 is 23.1 Å². The fourth-order valence-electron chi connectivity index (χ4n) is 5.95. The lowest BCUT2D eigenvalue weighted by Gasteiger charge is -2.43. The molecule has 3 heterocycles. The molecular weight excluding hydrogens is 663 g/mol. The largest absolute Gasteiger partial charge is 0.392 e. The van der Waals surface area contributed by atoms with Gasteiger partial charge >= 0.3 is 11.9 Å². The highest BCUT2D eigenvalue weighted by atomic mass is 32.2. The number of aromatic nitrogens is 2. The Morgan fingerprint density at radius 2 is 1.55 bits per heavy atom. The topological polar surface area (TPSA) is 137 Å². The molecule has 4 aromatic carbocycles. The van der Waals surface area contributed by atoms with Crippen LogP contribution in [0.15, 0.2) is 101 Å². The van der Waals surface area contributed by atoms with Crippen molar-refractivity contribution in [3.8, 4) is 0 Å².